The van der Waals surface area contributed by atoms with Crippen LogP contribution in [0, 0.1) is 13.8 Å². The van der Waals surface area contributed by atoms with Crippen molar-refractivity contribution in [3.05, 3.63) is 45.7 Å². The molecule has 1 amide bonds. The van der Waals surface area contributed by atoms with Crippen LogP contribution in [0.3, 0.4) is 0 Å². The van der Waals surface area contributed by atoms with Gasteiger partial charge in [0.25, 0.3) is 5.91 Å². The van der Waals surface area contributed by atoms with Crippen molar-refractivity contribution in [3.63, 3.8) is 0 Å². The molecule has 23 heavy (non-hydrogen) atoms. The van der Waals surface area contributed by atoms with Crippen molar-refractivity contribution in [2.75, 3.05) is 10.6 Å². The lowest BCUT2D eigenvalue weighted by Crippen LogP contribution is -2.20. The van der Waals surface area contributed by atoms with Crippen LogP contribution in [0.15, 0.2) is 28.7 Å². The lowest BCUT2D eigenvalue weighted by molar-refractivity contribution is 0.102. The van der Waals surface area contributed by atoms with E-state index in [2.05, 4.69) is 50.4 Å². The predicted octanol–water partition coefficient (Wildman–Crippen LogP) is 4.32. The minimum atomic E-state index is -0.242. The summed E-state index contributed by atoms with van der Waals surface area (Å²) in [7, 11) is 0. The summed E-state index contributed by atoms with van der Waals surface area (Å²) >= 11 is 3.41. The van der Waals surface area contributed by atoms with Crippen molar-refractivity contribution in [3.8, 4) is 0 Å². The molecule has 2 rings (SSSR count). The number of amides is 1. The monoisotopic (exact) mass is 376 g/mol. The van der Waals surface area contributed by atoms with Gasteiger partial charge in [0.15, 0.2) is 0 Å². The zero-order valence-electron chi connectivity index (χ0n) is 13.8. The third-order valence-electron chi connectivity index (χ3n) is 3.51. The van der Waals surface area contributed by atoms with Crippen LogP contribution >= 0.6 is 15.9 Å². The smallest absolute Gasteiger partial charge is 0.274 e. The number of nitrogens with zero attached hydrogens (tertiary/aromatic N) is 2. The Hall–Kier alpha value is -1.95. The number of halogens is 1. The molecule has 0 saturated heterocycles. The molecule has 0 aliphatic rings. The Morgan fingerprint density at radius 3 is 2.65 bits per heavy atom. The number of carbonyl (C=O) groups is 1. The van der Waals surface area contributed by atoms with Gasteiger partial charge in [0, 0.05) is 21.9 Å². The minimum Gasteiger partial charge on any atom is -0.352 e. The SMILES string of the molecule is CCC(C)Nc1nc(C)cc(C(=O)Nc2ccc(Br)cc2C)n1. The van der Waals surface area contributed by atoms with Gasteiger partial charge in [-0.05, 0) is 57.0 Å². The summed E-state index contributed by atoms with van der Waals surface area (Å²) in [4.78, 5) is 21.1. The first kappa shape index (κ1) is 17.4. The number of hydrogen-bond donors (Lipinski definition) is 2. The Labute approximate surface area is 145 Å². The van der Waals surface area contributed by atoms with Gasteiger partial charge in [-0.25, -0.2) is 9.97 Å². The first-order valence-electron chi connectivity index (χ1n) is 7.58. The van der Waals surface area contributed by atoms with E-state index >= 15 is 0 Å². The van der Waals surface area contributed by atoms with E-state index in [1.807, 2.05) is 32.0 Å². The molecule has 0 fully saturated rings. The third-order valence-corrected chi connectivity index (χ3v) is 4.00. The average molecular weight is 377 g/mol. The maximum absolute atomic E-state index is 12.5. The summed E-state index contributed by atoms with van der Waals surface area (Å²) in [5.41, 5.74) is 2.86. The lowest BCUT2D eigenvalue weighted by Gasteiger charge is -2.13. The standard InChI is InChI=1S/C17H21BrN4O/c1-5-11(3)19-17-20-12(4)9-15(22-17)16(23)21-14-7-6-13(18)8-10(14)2/h6-9,11H,5H2,1-4H3,(H,21,23)(H,19,20,22). The van der Waals surface area contributed by atoms with Crippen molar-refractivity contribution in [1.82, 2.24) is 9.97 Å². The van der Waals surface area contributed by atoms with Crippen LogP contribution in [0.4, 0.5) is 11.6 Å². The van der Waals surface area contributed by atoms with Crippen LogP contribution in [-0.2, 0) is 0 Å². The Bertz CT molecular complexity index is 718. The van der Waals surface area contributed by atoms with Crippen molar-refractivity contribution in [2.45, 2.75) is 40.2 Å². The fourth-order valence-electron chi connectivity index (χ4n) is 2.03. The molecule has 0 saturated carbocycles. The van der Waals surface area contributed by atoms with Gasteiger partial charge < -0.3 is 10.6 Å². The molecule has 0 aliphatic heterocycles. The highest BCUT2D eigenvalue weighted by molar-refractivity contribution is 9.10. The Morgan fingerprint density at radius 1 is 1.26 bits per heavy atom. The first-order valence-corrected chi connectivity index (χ1v) is 8.38. The molecule has 2 aromatic rings. The van der Waals surface area contributed by atoms with Crippen LogP contribution in [-0.4, -0.2) is 21.9 Å². The number of benzene rings is 1. The number of nitrogens with one attached hydrogen (secondary N) is 2. The summed E-state index contributed by atoms with van der Waals surface area (Å²) in [6.07, 6.45) is 0.955. The van der Waals surface area contributed by atoms with E-state index in [0.29, 0.717) is 11.6 Å². The van der Waals surface area contributed by atoms with E-state index in [9.17, 15) is 4.79 Å². The van der Waals surface area contributed by atoms with E-state index in [0.717, 1.165) is 27.8 Å². The molecular formula is C17H21BrN4O. The summed E-state index contributed by atoms with van der Waals surface area (Å²) in [5, 5.41) is 6.10. The highest BCUT2D eigenvalue weighted by Gasteiger charge is 2.13. The predicted molar refractivity (Wildman–Crippen MR) is 97.0 cm³/mol. The molecule has 0 bridgehead atoms. The summed E-state index contributed by atoms with van der Waals surface area (Å²) in [6, 6.07) is 7.65. The van der Waals surface area contributed by atoms with Gasteiger partial charge in [0.05, 0.1) is 0 Å². The molecule has 0 spiro atoms. The fourth-order valence-corrected chi connectivity index (χ4v) is 2.50. The number of rotatable bonds is 5. The van der Waals surface area contributed by atoms with Crippen LogP contribution in [0.25, 0.3) is 0 Å². The molecule has 6 heteroatoms. The molecule has 0 aliphatic carbocycles. The molecular weight excluding hydrogens is 356 g/mol. The molecule has 1 aromatic heterocycles. The van der Waals surface area contributed by atoms with Gasteiger partial charge in [-0.1, -0.05) is 22.9 Å². The minimum absolute atomic E-state index is 0.242. The second kappa shape index (κ2) is 7.55. The highest BCUT2D eigenvalue weighted by atomic mass is 79.9. The largest absolute Gasteiger partial charge is 0.352 e. The summed E-state index contributed by atoms with van der Waals surface area (Å²) in [5.74, 6) is 0.241. The number of carbonyl (C=O) groups excluding carboxylic acids is 1. The first-order chi connectivity index (χ1) is 10.9. The van der Waals surface area contributed by atoms with Crippen LogP contribution < -0.4 is 10.6 Å². The Morgan fingerprint density at radius 2 is 2.00 bits per heavy atom. The topological polar surface area (TPSA) is 66.9 Å². The van der Waals surface area contributed by atoms with E-state index in [1.54, 1.807) is 6.07 Å². The quantitative estimate of drug-likeness (QED) is 0.815. The van der Waals surface area contributed by atoms with E-state index in [-0.39, 0.29) is 11.9 Å². The molecule has 5 nitrogen and oxygen atoms in total. The van der Waals surface area contributed by atoms with E-state index in [1.165, 1.54) is 0 Å². The maximum Gasteiger partial charge on any atom is 0.274 e. The molecule has 122 valence electrons. The lowest BCUT2D eigenvalue weighted by atomic mass is 10.2. The van der Waals surface area contributed by atoms with Gasteiger partial charge in [-0.3, -0.25) is 4.79 Å². The number of anilines is 2. The van der Waals surface area contributed by atoms with Crippen LogP contribution in [0.2, 0.25) is 0 Å². The zero-order chi connectivity index (χ0) is 17.0. The van der Waals surface area contributed by atoms with E-state index < -0.39 is 0 Å². The van der Waals surface area contributed by atoms with Gasteiger partial charge in [0.2, 0.25) is 5.95 Å². The molecule has 1 unspecified atom stereocenters. The zero-order valence-corrected chi connectivity index (χ0v) is 15.4. The van der Waals surface area contributed by atoms with Crippen LogP contribution in [0.5, 0.6) is 0 Å². The second-order valence-corrected chi connectivity index (χ2v) is 6.50. The molecule has 0 radical (unpaired) electrons. The number of aryl methyl sites for hydroxylation is 2. The van der Waals surface area contributed by atoms with Crippen LogP contribution in [0.1, 0.15) is 42.0 Å². The second-order valence-electron chi connectivity index (χ2n) is 5.59. The Balaban J connectivity index is 2.21. The fraction of sp³-hybridized carbons (Fsp3) is 0.353. The summed E-state index contributed by atoms with van der Waals surface area (Å²) in [6.45, 7) is 7.93. The molecule has 1 aromatic carbocycles. The molecule has 2 N–H and O–H groups in total. The third kappa shape index (κ3) is 4.76. The molecule has 1 atom stereocenters. The average Bonchev–Trinajstić information content (AvgIpc) is 2.49. The maximum atomic E-state index is 12.5. The Kier molecular flexibility index (Phi) is 5.71. The van der Waals surface area contributed by atoms with Crippen molar-refractivity contribution < 1.29 is 4.79 Å². The van der Waals surface area contributed by atoms with Gasteiger partial charge in [-0.15, -0.1) is 0 Å². The van der Waals surface area contributed by atoms with Crippen molar-refractivity contribution in [2.24, 2.45) is 0 Å². The van der Waals surface area contributed by atoms with E-state index in [4.69, 9.17) is 0 Å². The van der Waals surface area contributed by atoms with Crippen molar-refractivity contribution in [1.29, 1.82) is 0 Å². The number of aromatic nitrogens is 2. The highest BCUT2D eigenvalue weighted by Crippen LogP contribution is 2.20. The molecule has 1 heterocycles. The van der Waals surface area contributed by atoms with Gasteiger partial charge in [-0.2, -0.15) is 0 Å². The normalized spacial score (nSPS) is 11.9. The summed E-state index contributed by atoms with van der Waals surface area (Å²) < 4.78 is 0.978. The van der Waals surface area contributed by atoms with Gasteiger partial charge >= 0.3 is 0 Å². The van der Waals surface area contributed by atoms with Crippen molar-refractivity contribution >= 4 is 33.5 Å². The number of hydrogen-bond acceptors (Lipinski definition) is 4. The van der Waals surface area contributed by atoms with Gasteiger partial charge in [0.1, 0.15) is 5.69 Å².